The highest BCUT2D eigenvalue weighted by Gasteiger charge is 2.33. The third-order valence-corrected chi connectivity index (χ3v) is 6.72. The van der Waals surface area contributed by atoms with Crippen LogP contribution in [-0.2, 0) is 16.3 Å². The van der Waals surface area contributed by atoms with Crippen LogP contribution < -0.4 is 5.32 Å². The van der Waals surface area contributed by atoms with Gasteiger partial charge in [0.2, 0.25) is 9.84 Å². The Balaban J connectivity index is 1.74. The summed E-state index contributed by atoms with van der Waals surface area (Å²) in [6.07, 6.45) is 4.04. The minimum absolute atomic E-state index is 0.00158. The number of hydrogen-bond donors (Lipinski definition) is 1. The number of nitrogens with zero attached hydrogens (tertiary/aromatic N) is 4. The van der Waals surface area contributed by atoms with Gasteiger partial charge < -0.3 is 5.32 Å². The molecule has 9 heteroatoms. The van der Waals surface area contributed by atoms with E-state index in [2.05, 4.69) is 20.3 Å². The zero-order valence-corrected chi connectivity index (χ0v) is 17.6. The Bertz CT molecular complexity index is 1390. The third kappa shape index (κ3) is 4.40. The van der Waals surface area contributed by atoms with E-state index in [1.807, 2.05) is 18.2 Å². The first-order valence-electron chi connectivity index (χ1n) is 9.77. The van der Waals surface area contributed by atoms with Crippen molar-refractivity contribution in [3.63, 3.8) is 0 Å². The first kappa shape index (κ1) is 21.3. The van der Waals surface area contributed by atoms with E-state index in [0.717, 1.165) is 29.8 Å². The van der Waals surface area contributed by atoms with Crippen LogP contribution in [0.4, 0.5) is 10.2 Å². The minimum atomic E-state index is -4.17. The zero-order chi connectivity index (χ0) is 22.6. The number of sulfone groups is 1. The van der Waals surface area contributed by atoms with Gasteiger partial charge >= 0.3 is 0 Å². The predicted molar refractivity (Wildman–Crippen MR) is 118 cm³/mol. The number of pyridine rings is 1. The summed E-state index contributed by atoms with van der Waals surface area (Å²) in [7, 11) is -4.17. The molecular weight excluding hydrogens is 429 g/mol. The Morgan fingerprint density at radius 1 is 1.00 bits per heavy atom. The highest BCUT2D eigenvalue weighted by molar-refractivity contribution is 7.92. The molecule has 0 aliphatic heterocycles. The number of hydrogen-bond acceptors (Lipinski definition) is 7. The quantitative estimate of drug-likeness (QED) is 0.429. The van der Waals surface area contributed by atoms with Crippen molar-refractivity contribution in [1.82, 2.24) is 15.0 Å². The number of aromatic nitrogens is 3. The Morgan fingerprint density at radius 3 is 2.38 bits per heavy atom. The van der Waals surface area contributed by atoms with Crippen molar-refractivity contribution in [3.8, 4) is 6.07 Å². The molecule has 0 amide bonds. The van der Waals surface area contributed by atoms with Crippen LogP contribution in [0, 0.1) is 17.1 Å². The standard InChI is InChI=1S/C23H18FN5O2S/c24-17-7-9-18(10-8-17)32(30,31)21(14-25)22-23(27-13-11-16-4-3-12-26-15-16)29-20-6-2-1-5-19(20)28-22/h1-10,12,15,21H,11,13H2,(H,27,29)/t21-/m1/s1. The molecule has 0 unspecified atom stereocenters. The highest BCUT2D eigenvalue weighted by atomic mass is 32.2. The van der Waals surface area contributed by atoms with Crippen LogP contribution in [0.3, 0.4) is 0 Å². The van der Waals surface area contributed by atoms with E-state index in [1.165, 1.54) is 0 Å². The molecule has 0 aliphatic rings. The highest BCUT2D eigenvalue weighted by Crippen LogP contribution is 2.32. The monoisotopic (exact) mass is 447 g/mol. The molecule has 0 fully saturated rings. The molecule has 2 aromatic carbocycles. The molecule has 7 nitrogen and oxygen atoms in total. The maximum atomic E-state index is 13.3. The topological polar surface area (TPSA) is 109 Å². The number of rotatable bonds is 7. The van der Waals surface area contributed by atoms with E-state index in [1.54, 1.807) is 36.7 Å². The van der Waals surface area contributed by atoms with Gasteiger partial charge in [0.15, 0.2) is 11.1 Å². The molecule has 160 valence electrons. The number of para-hydroxylation sites is 2. The summed E-state index contributed by atoms with van der Waals surface area (Å²) in [5, 5.41) is 11.3. The lowest BCUT2D eigenvalue weighted by molar-refractivity contribution is 0.589. The minimum Gasteiger partial charge on any atom is -0.368 e. The van der Waals surface area contributed by atoms with Gasteiger partial charge in [-0.05, 0) is 54.4 Å². The van der Waals surface area contributed by atoms with Crippen LogP contribution in [-0.4, -0.2) is 29.9 Å². The van der Waals surface area contributed by atoms with Gasteiger partial charge in [0.1, 0.15) is 11.5 Å². The van der Waals surface area contributed by atoms with Gasteiger partial charge in [-0.1, -0.05) is 18.2 Å². The fraction of sp³-hybridized carbons (Fsp3) is 0.130. The van der Waals surface area contributed by atoms with E-state index in [-0.39, 0.29) is 16.4 Å². The Kier molecular flexibility index (Phi) is 6.05. The zero-order valence-electron chi connectivity index (χ0n) is 16.8. The molecule has 0 radical (unpaired) electrons. The van der Waals surface area contributed by atoms with Gasteiger partial charge in [0.05, 0.1) is 22.0 Å². The molecule has 0 saturated heterocycles. The van der Waals surface area contributed by atoms with E-state index in [0.29, 0.717) is 24.0 Å². The van der Waals surface area contributed by atoms with Crippen molar-refractivity contribution in [1.29, 1.82) is 5.26 Å². The van der Waals surface area contributed by atoms with Crippen molar-refractivity contribution in [2.75, 3.05) is 11.9 Å². The van der Waals surface area contributed by atoms with Crippen LogP contribution in [0.5, 0.6) is 0 Å². The maximum Gasteiger partial charge on any atom is 0.200 e. The van der Waals surface area contributed by atoms with Crippen LogP contribution >= 0.6 is 0 Å². The number of benzene rings is 2. The van der Waals surface area contributed by atoms with E-state index in [9.17, 15) is 18.1 Å². The lowest BCUT2D eigenvalue weighted by Gasteiger charge is -2.16. The molecule has 0 spiro atoms. The molecule has 4 aromatic rings. The van der Waals surface area contributed by atoms with Crippen molar-refractivity contribution in [2.24, 2.45) is 0 Å². The first-order valence-corrected chi connectivity index (χ1v) is 11.3. The predicted octanol–water partition coefficient (Wildman–Crippen LogP) is 3.86. The fourth-order valence-electron chi connectivity index (χ4n) is 3.24. The van der Waals surface area contributed by atoms with Gasteiger partial charge in [0, 0.05) is 18.9 Å². The van der Waals surface area contributed by atoms with Crippen molar-refractivity contribution >= 4 is 26.7 Å². The van der Waals surface area contributed by atoms with E-state index < -0.39 is 20.9 Å². The lowest BCUT2D eigenvalue weighted by atomic mass is 10.2. The summed E-state index contributed by atoms with van der Waals surface area (Å²) >= 11 is 0. The first-order chi connectivity index (χ1) is 15.5. The largest absolute Gasteiger partial charge is 0.368 e. The van der Waals surface area contributed by atoms with Gasteiger partial charge in [-0.15, -0.1) is 0 Å². The third-order valence-electron chi connectivity index (χ3n) is 4.84. The molecule has 2 heterocycles. The Hall–Kier alpha value is -3.90. The summed E-state index contributed by atoms with van der Waals surface area (Å²) in [4.78, 5) is 12.9. The summed E-state index contributed by atoms with van der Waals surface area (Å²) in [6, 6.07) is 17.0. The second kappa shape index (κ2) is 9.08. The van der Waals surface area contributed by atoms with Crippen LogP contribution in [0.15, 0.2) is 78.0 Å². The molecular formula is C23H18FN5O2S. The van der Waals surface area contributed by atoms with E-state index >= 15 is 0 Å². The average molecular weight is 447 g/mol. The fourth-order valence-corrected chi connectivity index (χ4v) is 4.62. The van der Waals surface area contributed by atoms with Gasteiger partial charge in [-0.25, -0.2) is 22.8 Å². The number of anilines is 1. The lowest BCUT2D eigenvalue weighted by Crippen LogP contribution is -2.18. The number of nitrogens with one attached hydrogen (secondary N) is 1. The molecule has 1 atom stereocenters. The summed E-state index contributed by atoms with van der Waals surface area (Å²) in [5.74, 6) is -0.356. The Morgan fingerprint density at radius 2 is 1.72 bits per heavy atom. The maximum absolute atomic E-state index is 13.3. The SMILES string of the molecule is N#C[C@H](c1nc2ccccc2nc1NCCc1cccnc1)S(=O)(=O)c1ccc(F)cc1. The summed E-state index contributed by atoms with van der Waals surface area (Å²) in [6.45, 7) is 0.431. The van der Waals surface area contributed by atoms with Gasteiger partial charge in [-0.3, -0.25) is 4.98 Å². The number of halogens is 1. The number of fused-ring (bicyclic) bond motifs is 1. The molecule has 4 rings (SSSR count). The number of nitriles is 1. The molecule has 2 aromatic heterocycles. The summed E-state index contributed by atoms with van der Waals surface area (Å²) in [5.41, 5.74) is 2.03. The van der Waals surface area contributed by atoms with Crippen molar-refractivity contribution in [3.05, 3.63) is 90.1 Å². The van der Waals surface area contributed by atoms with Gasteiger partial charge in [0.25, 0.3) is 0 Å². The molecule has 1 N–H and O–H groups in total. The average Bonchev–Trinajstić information content (AvgIpc) is 2.80. The smallest absolute Gasteiger partial charge is 0.200 e. The normalized spacial score (nSPS) is 12.2. The van der Waals surface area contributed by atoms with Crippen molar-refractivity contribution < 1.29 is 12.8 Å². The second-order valence-corrected chi connectivity index (χ2v) is 9.03. The van der Waals surface area contributed by atoms with Crippen LogP contribution in [0.1, 0.15) is 16.5 Å². The molecule has 0 bridgehead atoms. The summed E-state index contributed by atoms with van der Waals surface area (Å²) < 4.78 is 39.7. The molecule has 0 aliphatic carbocycles. The van der Waals surface area contributed by atoms with E-state index in [4.69, 9.17) is 0 Å². The van der Waals surface area contributed by atoms with Crippen molar-refractivity contribution in [2.45, 2.75) is 16.6 Å². The second-order valence-electron chi connectivity index (χ2n) is 6.99. The van der Waals surface area contributed by atoms with Gasteiger partial charge in [-0.2, -0.15) is 5.26 Å². The van der Waals surface area contributed by atoms with Crippen LogP contribution in [0.25, 0.3) is 11.0 Å². The molecule has 32 heavy (non-hydrogen) atoms. The Labute approximate surface area is 184 Å². The molecule has 0 saturated carbocycles. The van der Waals surface area contributed by atoms with Crippen LogP contribution in [0.2, 0.25) is 0 Å².